The molecule has 6 heteroatoms. The van der Waals surface area contributed by atoms with E-state index in [2.05, 4.69) is 27.4 Å². The molecule has 4 aromatic rings. The van der Waals surface area contributed by atoms with Gasteiger partial charge in [-0.05, 0) is 51.0 Å². The molecule has 2 amide bonds. The summed E-state index contributed by atoms with van der Waals surface area (Å²) in [5.74, 6) is 0. The molecular formula is C25H27ClN4O. The van der Waals surface area contributed by atoms with Crippen molar-refractivity contribution in [3.63, 3.8) is 0 Å². The molecule has 2 aromatic carbocycles. The van der Waals surface area contributed by atoms with Gasteiger partial charge in [0.05, 0.1) is 12.1 Å². The number of urea groups is 1. The third-order valence-electron chi connectivity index (χ3n) is 5.21. The topological polar surface area (TPSA) is 61.0 Å². The van der Waals surface area contributed by atoms with Gasteiger partial charge in [-0.25, -0.2) is 9.78 Å². The molecule has 0 spiro atoms. The van der Waals surface area contributed by atoms with Crippen LogP contribution in [-0.2, 0) is 13.0 Å². The molecule has 4 rings (SSSR count). The maximum Gasteiger partial charge on any atom is 0.318 e. The van der Waals surface area contributed by atoms with Gasteiger partial charge >= 0.3 is 6.03 Å². The zero-order valence-electron chi connectivity index (χ0n) is 18.1. The predicted octanol–water partition coefficient (Wildman–Crippen LogP) is 5.92. The molecule has 160 valence electrons. The van der Waals surface area contributed by atoms with Crippen LogP contribution in [0.1, 0.15) is 31.9 Å². The van der Waals surface area contributed by atoms with E-state index in [4.69, 9.17) is 11.6 Å². The van der Waals surface area contributed by atoms with E-state index >= 15 is 0 Å². The van der Waals surface area contributed by atoms with Crippen LogP contribution >= 0.6 is 11.6 Å². The van der Waals surface area contributed by atoms with Crippen molar-refractivity contribution in [2.24, 2.45) is 0 Å². The standard InChI is InChI=1S/C25H27ClN4O/c1-25(2,3)29-24(31)30(13-12-18-15-27-22-11-7-5-9-20(18)22)16-19-14-17-8-4-6-10-21(17)28-23(19)26/h4-11,14-15,27H,12-13,16H2,1-3H3,(H,29,31). The SMILES string of the molecule is CC(C)(C)NC(=O)N(CCc1c[nH]c2ccccc12)Cc1cc2ccccc2nc1Cl. The lowest BCUT2D eigenvalue weighted by Crippen LogP contribution is -2.48. The summed E-state index contributed by atoms with van der Waals surface area (Å²) in [6.45, 7) is 6.89. The van der Waals surface area contributed by atoms with Gasteiger partial charge < -0.3 is 15.2 Å². The molecule has 0 aliphatic rings. The van der Waals surface area contributed by atoms with Crippen LogP contribution in [0.4, 0.5) is 4.79 Å². The number of aromatic amines is 1. The molecule has 0 unspecified atom stereocenters. The Hall–Kier alpha value is -3.05. The molecule has 0 aliphatic heterocycles. The average molecular weight is 435 g/mol. The lowest BCUT2D eigenvalue weighted by Gasteiger charge is -2.29. The summed E-state index contributed by atoms with van der Waals surface area (Å²) >= 11 is 6.49. The first-order chi connectivity index (χ1) is 14.8. The second-order valence-corrected chi connectivity index (χ2v) is 9.20. The van der Waals surface area contributed by atoms with E-state index in [9.17, 15) is 4.79 Å². The van der Waals surface area contributed by atoms with Crippen LogP contribution in [0.25, 0.3) is 21.8 Å². The number of H-pyrrole nitrogens is 1. The highest BCUT2D eigenvalue weighted by Crippen LogP contribution is 2.23. The van der Waals surface area contributed by atoms with Crippen molar-refractivity contribution in [1.82, 2.24) is 20.2 Å². The zero-order valence-corrected chi connectivity index (χ0v) is 18.8. The van der Waals surface area contributed by atoms with Crippen LogP contribution < -0.4 is 5.32 Å². The quantitative estimate of drug-likeness (QED) is 0.383. The lowest BCUT2D eigenvalue weighted by atomic mass is 10.1. The molecule has 5 nitrogen and oxygen atoms in total. The smallest absolute Gasteiger partial charge is 0.318 e. The Bertz CT molecular complexity index is 1230. The van der Waals surface area contributed by atoms with Gasteiger partial charge in [-0.15, -0.1) is 0 Å². The average Bonchev–Trinajstić information content (AvgIpc) is 3.13. The molecule has 0 bridgehead atoms. The minimum atomic E-state index is -0.332. The van der Waals surface area contributed by atoms with E-state index in [1.807, 2.05) is 74.3 Å². The number of nitrogens with zero attached hydrogens (tertiary/aromatic N) is 2. The Morgan fingerprint density at radius 2 is 1.84 bits per heavy atom. The highest BCUT2D eigenvalue weighted by atomic mass is 35.5. The molecule has 0 fully saturated rings. The molecule has 2 aromatic heterocycles. The van der Waals surface area contributed by atoms with Gasteiger partial charge in [-0.1, -0.05) is 48.0 Å². The normalized spacial score (nSPS) is 11.7. The number of nitrogens with one attached hydrogen (secondary N) is 2. The predicted molar refractivity (Wildman–Crippen MR) is 127 cm³/mol. The molecule has 0 atom stereocenters. The number of amides is 2. The van der Waals surface area contributed by atoms with E-state index in [-0.39, 0.29) is 11.6 Å². The second kappa shape index (κ2) is 8.60. The number of pyridine rings is 1. The minimum Gasteiger partial charge on any atom is -0.361 e. The third kappa shape index (κ3) is 5.00. The van der Waals surface area contributed by atoms with Crippen molar-refractivity contribution >= 4 is 39.4 Å². The number of carbonyl (C=O) groups excluding carboxylic acids is 1. The summed E-state index contributed by atoms with van der Waals surface area (Å²) in [6.07, 6.45) is 2.76. The number of halogens is 1. The number of carbonyl (C=O) groups is 1. The van der Waals surface area contributed by atoms with Crippen LogP contribution in [0.15, 0.2) is 60.8 Å². The van der Waals surface area contributed by atoms with E-state index < -0.39 is 0 Å². The monoisotopic (exact) mass is 434 g/mol. The Kier molecular flexibility index (Phi) is 5.88. The summed E-state index contributed by atoms with van der Waals surface area (Å²) in [5, 5.41) is 5.70. The first-order valence-corrected chi connectivity index (χ1v) is 10.8. The Morgan fingerprint density at radius 1 is 1.10 bits per heavy atom. The van der Waals surface area contributed by atoms with E-state index in [1.165, 1.54) is 10.9 Å². The third-order valence-corrected chi connectivity index (χ3v) is 5.53. The van der Waals surface area contributed by atoms with Crippen molar-refractivity contribution in [2.45, 2.75) is 39.3 Å². The summed E-state index contributed by atoms with van der Waals surface area (Å²) in [4.78, 5) is 22.7. The van der Waals surface area contributed by atoms with Crippen molar-refractivity contribution < 1.29 is 4.79 Å². The van der Waals surface area contributed by atoms with E-state index in [0.29, 0.717) is 18.2 Å². The molecule has 31 heavy (non-hydrogen) atoms. The molecule has 0 saturated carbocycles. The fourth-order valence-corrected chi connectivity index (χ4v) is 3.90. The first kappa shape index (κ1) is 21.2. The van der Waals surface area contributed by atoms with E-state index in [0.717, 1.165) is 28.4 Å². The number of hydrogen-bond acceptors (Lipinski definition) is 2. The summed E-state index contributed by atoms with van der Waals surface area (Å²) in [5.41, 5.74) is 3.64. The van der Waals surface area contributed by atoms with Gasteiger partial charge in [0.25, 0.3) is 0 Å². The van der Waals surface area contributed by atoms with Gasteiger partial charge in [0, 0.05) is 40.1 Å². The molecule has 0 aliphatic carbocycles. The van der Waals surface area contributed by atoms with Gasteiger partial charge in [-0.3, -0.25) is 0 Å². The summed E-state index contributed by atoms with van der Waals surface area (Å²) in [6, 6.07) is 18.0. The van der Waals surface area contributed by atoms with Gasteiger partial charge in [0.1, 0.15) is 5.15 Å². The molecular weight excluding hydrogens is 408 g/mol. The number of aromatic nitrogens is 2. The summed E-state index contributed by atoms with van der Waals surface area (Å²) in [7, 11) is 0. The second-order valence-electron chi connectivity index (χ2n) is 8.84. The maximum absolute atomic E-state index is 13.1. The zero-order chi connectivity index (χ0) is 22.0. The lowest BCUT2D eigenvalue weighted by molar-refractivity contribution is 0.186. The minimum absolute atomic E-state index is 0.114. The highest BCUT2D eigenvalue weighted by Gasteiger charge is 2.21. The Labute approximate surface area is 187 Å². The number of hydrogen-bond donors (Lipinski definition) is 2. The van der Waals surface area contributed by atoms with Gasteiger partial charge in [0.2, 0.25) is 0 Å². The van der Waals surface area contributed by atoms with Gasteiger partial charge in [-0.2, -0.15) is 0 Å². The fourth-order valence-electron chi connectivity index (χ4n) is 3.70. The number of fused-ring (bicyclic) bond motifs is 2. The molecule has 0 saturated heterocycles. The highest BCUT2D eigenvalue weighted by molar-refractivity contribution is 6.30. The van der Waals surface area contributed by atoms with Crippen LogP contribution in [0.3, 0.4) is 0 Å². The number of benzene rings is 2. The van der Waals surface area contributed by atoms with Crippen molar-refractivity contribution in [2.75, 3.05) is 6.54 Å². The van der Waals surface area contributed by atoms with Crippen molar-refractivity contribution in [3.8, 4) is 0 Å². The molecule has 2 heterocycles. The Morgan fingerprint density at radius 3 is 2.65 bits per heavy atom. The molecule has 0 radical (unpaired) electrons. The number of rotatable bonds is 5. The van der Waals surface area contributed by atoms with E-state index in [1.54, 1.807) is 0 Å². The van der Waals surface area contributed by atoms with Crippen LogP contribution in [0, 0.1) is 0 Å². The van der Waals surface area contributed by atoms with Crippen LogP contribution in [-0.4, -0.2) is 33.0 Å². The van der Waals surface area contributed by atoms with Crippen molar-refractivity contribution in [3.05, 3.63) is 77.1 Å². The Balaban J connectivity index is 1.59. The van der Waals surface area contributed by atoms with Crippen LogP contribution in [0.5, 0.6) is 0 Å². The largest absolute Gasteiger partial charge is 0.361 e. The summed E-state index contributed by atoms with van der Waals surface area (Å²) < 4.78 is 0. The fraction of sp³-hybridized carbons (Fsp3) is 0.280. The van der Waals surface area contributed by atoms with Crippen molar-refractivity contribution in [1.29, 1.82) is 0 Å². The number of para-hydroxylation sites is 2. The molecule has 2 N–H and O–H groups in total. The maximum atomic E-state index is 13.1. The van der Waals surface area contributed by atoms with Crippen LogP contribution in [0.2, 0.25) is 5.15 Å². The first-order valence-electron chi connectivity index (χ1n) is 10.5. The van der Waals surface area contributed by atoms with Gasteiger partial charge in [0.15, 0.2) is 0 Å².